The molecule has 106 valence electrons. The lowest BCUT2D eigenvalue weighted by Gasteiger charge is -2.19. The first-order valence-corrected chi connectivity index (χ1v) is 7.07. The molecule has 0 saturated heterocycles. The van der Waals surface area contributed by atoms with Crippen LogP contribution in [0.15, 0.2) is 24.3 Å². The van der Waals surface area contributed by atoms with Gasteiger partial charge in [0.15, 0.2) is 0 Å². The van der Waals surface area contributed by atoms with Crippen LogP contribution in [-0.4, -0.2) is 16.0 Å². The van der Waals surface area contributed by atoms with Crippen LogP contribution in [0.5, 0.6) is 0 Å². The molecule has 1 fully saturated rings. The van der Waals surface area contributed by atoms with Crippen LogP contribution in [0.2, 0.25) is 0 Å². The molecule has 5 nitrogen and oxygen atoms in total. The van der Waals surface area contributed by atoms with E-state index in [0.29, 0.717) is 17.4 Å². The zero-order chi connectivity index (χ0) is 14.2. The number of nitrogens with one attached hydrogen (secondary N) is 2. The highest BCUT2D eigenvalue weighted by Gasteiger charge is 2.31. The van der Waals surface area contributed by atoms with Crippen molar-refractivity contribution in [3.8, 4) is 0 Å². The van der Waals surface area contributed by atoms with Crippen molar-refractivity contribution >= 4 is 22.7 Å². The smallest absolute Gasteiger partial charge is 0.239 e. The third kappa shape index (κ3) is 2.54. The van der Waals surface area contributed by atoms with Gasteiger partial charge in [-0.25, -0.2) is 10.8 Å². The third-order valence-electron chi connectivity index (χ3n) is 4.04. The van der Waals surface area contributed by atoms with Gasteiger partial charge < -0.3 is 5.32 Å². The third-order valence-corrected chi connectivity index (χ3v) is 4.04. The molecular formula is C15H21N5. The molecule has 1 saturated carbocycles. The summed E-state index contributed by atoms with van der Waals surface area (Å²) in [5.74, 6) is 6.77. The lowest BCUT2D eigenvalue weighted by molar-refractivity contribution is 0.378. The molecular weight excluding hydrogens is 250 g/mol. The lowest BCUT2D eigenvalue weighted by Crippen LogP contribution is -2.20. The van der Waals surface area contributed by atoms with Crippen LogP contribution in [0.3, 0.4) is 0 Å². The Hall–Kier alpha value is -1.88. The molecule has 1 heterocycles. The predicted molar refractivity (Wildman–Crippen MR) is 82.4 cm³/mol. The Morgan fingerprint density at radius 1 is 1.25 bits per heavy atom. The van der Waals surface area contributed by atoms with Crippen LogP contribution in [-0.2, 0) is 0 Å². The first-order valence-electron chi connectivity index (χ1n) is 7.07. The second-order valence-electron chi connectivity index (χ2n) is 6.31. The topological polar surface area (TPSA) is 75.9 Å². The summed E-state index contributed by atoms with van der Waals surface area (Å²) in [6, 6.07) is 8.46. The number of hydrogen-bond acceptors (Lipinski definition) is 5. The summed E-state index contributed by atoms with van der Waals surface area (Å²) in [6.07, 6.45) is 3.59. The second kappa shape index (κ2) is 4.90. The van der Waals surface area contributed by atoms with Gasteiger partial charge in [0.25, 0.3) is 0 Å². The minimum Gasteiger partial charge on any atom is -0.367 e. The molecule has 0 spiro atoms. The first kappa shape index (κ1) is 13.1. The zero-order valence-electron chi connectivity index (χ0n) is 12.0. The molecule has 0 aliphatic heterocycles. The summed E-state index contributed by atoms with van der Waals surface area (Å²) in [4.78, 5) is 8.84. The van der Waals surface area contributed by atoms with Gasteiger partial charge in [0, 0.05) is 11.4 Å². The molecule has 4 N–H and O–H groups in total. The van der Waals surface area contributed by atoms with Gasteiger partial charge in [0.1, 0.15) is 5.82 Å². The van der Waals surface area contributed by atoms with Crippen molar-refractivity contribution in [2.45, 2.75) is 39.2 Å². The number of aromatic nitrogens is 2. The summed E-state index contributed by atoms with van der Waals surface area (Å²) in [7, 11) is 0. The molecule has 0 radical (unpaired) electrons. The highest BCUT2D eigenvalue weighted by Crippen LogP contribution is 2.38. The summed E-state index contributed by atoms with van der Waals surface area (Å²) < 4.78 is 0. The Labute approximate surface area is 119 Å². The highest BCUT2D eigenvalue weighted by molar-refractivity contribution is 5.90. The summed E-state index contributed by atoms with van der Waals surface area (Å²) in [6.45, 7) is 4.64. The van der Waals surface area contributed by atoms with Gasteiger partial charge in [-0.15, -0.1) is 0 Å². The quantitative estimate of drug-likeness (QED) is 0.591. The Kier molecular flexibility index (Phi) is 3.22. The van der Waals surface area contributed by atoms with Crippen molar-refractivity contribution in [1.82, 2.24) is 9.97 Å². The predicted octanol–water partition coefficient (Wildman–Crippen LogP) is 2.91. The number of nitrogens with two attached hydrogens (primary N) is 1. The molecule has 1 aromatic heterocycles. The van der Waals surface area contributed by atoms with Crippen LogP contribution in [0, 0.1) is 5.41 Å². The number of nitrogen functional groups attached to an aromatic ring is 1. The minimum absolute atomic E-state index is 0.412. The van der Waals surface area contributed by atoms with E-state index in [1.807, 2.05) is 24.3 Å². The van der Waals surface area contributed by atoms with Gasteiger partial charge in [-0.3, -0.25) is 5.43 Å². The fraction of sp³-hybridized carbons (Fsp3) is 0.467. The van der Waals surface area contributed by atoms with Crippen LogP contribution in [0.1, 0.15) is 33.1 Å². The monoisotopic (exact) mass is 271 g/mol. The van der Waals surface area contributed by atoms with E-state index >= 15 is 0 Å². The van der Waals surface area contributed by atoms with E-state index in [4.69, 9.17) is 5.84 Å². The highest BCUT2D eigenvalue weighted by atomic mass is 15.3. The molecule has 5 heteroatoms. The normalized spacial score (nSPS) is 21.1. The molecule has 3 rings (SSSR count). The van der Waals surface area contributed by atoms with E-state index in [2.05, 4.69) is 34.6 Å². The van der Waals surface area contributed by atoms with Crippen molar-refractivity contribution in [2.24, 2.45) is 11.3 Å². The maximum atomic E-state index is 5.46. The van der Waals surface area contributed by atoms with E-state index in [1.165, 1.54) is 12.8 Å². The molecule has 1 atom stereocenters. The largest absolute Gasteiger partial charge is 0.367 e. The standard InChI is InChI=1S/C15H21N5/c1-15(2)8-7-10(9-15)17-13-11-5-3-4-6-12(11)18-14(19-13)20-16/h3-6,10H,7-9,16H2,1-2H3,(H2,17,18,19,20). The first-order chi connectivity index (χ1) is 9.57. The molecule has 0 bridgehead atoms. The van der Waals surface area contributed by atoms with Gasteiger partial charge in [0.2, 0.25) is 5.95 Å². The fourth-order valence-corrected chi connectivity index (χ4v) is 3.00. The van der Waals surface area contributed by atoms with Crippen molar-refractivity contribution < 1.29 is 0 Å². The summed E-state index contributed by atoms with van der Waals surface area (Å²) in [5, 5.41) is 4.61. The second-order valence-corrected chi connectivity index (χ2v) is 6.31. The molecule has 1 aliphatic carbocycles. The van der Waals surface area contributed by atoms with Crippen molar-refractivity contribution in [2.75, 3.05) is 10.7 Å². The molecule has 1 aliphatic rings. The SMILES string of the molecule is CC1(C)CCC(Nc2nc(NN)nc3ccccc23)C1. The van der Waals surface area contributed by atoms with Crippen LogP contribution >= 0.6 is 0 Å². The maximum Gasteiger partial charge on any atom is 0.239 e. The molecule has 0 amide bonds. The Morgan fingerprint density at radius 3 is 2.75 bits per heavy atom. The van der Waals surface area contributed by atoms with E-state index in [-0.39, 0.29) is 0 Å². The maximum absolute atomic E-state index is 5.46. The molecule has 2 aromatic rings. The minimum atomic E-state index is 0.412. The number of benzene rings is 1. The Morgan fingerprint density at radius 2 is 2.05 bits per heavy atom. The fourth-order valence-electron chi connectivity index (χ4n) is 3.00. The molecule has 1 aromatic carbocycles. The number of para-hydroxylation sites is 1. The average molecular weight is 271 g/mol. The van der Waals surface area contributed by atoms with Crippen molar-refractivity contribution in [1.29, 1.82) is 0 Å². The van der Waals surface area contributed by atoms with Gasteiger partial charge >= 0.3 is 0 Å². The number of anilines is 2. The lowest BCUT2D eigenvalue weighted by atomic mass is 9.92. The van der Waals surface area contributed by atoms with Crippen molar-refractivity contribution in [3.63, 3.8) is 0 Å². The average Bonchev–Trinajstić information content (AvgIpc) is 2.77. The van der Waals surface area contributed by atoms with Crippen LogP contribution < -0.4 is 16.6 Å². The van der Waals surface area contributed by atoms with E-state index < -0.39 is 0 Å². The van der Waals surface area contributed by atoms with Gasteiger partial charge in [-0.2, -0.15) is 4.98 Å². The zero-order valence-corrected chi connectivity index (χ0v) is 12.0. The Bertz CT molecular complexity index is 623. The van der Waals surface area contributed by atoms with E-state index in [1.54, 1.807) is 0 Å². The Balaban J connectivity index is 1.94. The van der Waals surface area contributed by atoms with Crippen LogP contribution in [0.4, 0.5) is 11.8 Å². The molecule has 1 unspecified atom stereocenters. The van der Waals surface area contributed by atoms with Crippen molar-refractivity contribution in [3.05, 3.63) is 24.3 Å². The number of hydrogen-bond donors (Lipinski definition) is 3. The van der Waals surface area contributed by atoms with Gasteiger partial charge in [-0.05, 0) is 36.8 Å². The molecule has 20 heavy (non-hydrogen) atoms. The summed E-state index contributed by atoms with van der Waals surface area (Å²) in [5.41, 5.74) is 3.85. The summed E-state index contributed by atoms with van der Waals surface area (Å²) >= 11 is 0. The number of fused-ring (bicyclic) bond motifs is 1. The van der Waals surface area contributed by atoms with Crippen LogP contribution in [0.25, 0.3) is 10.9 Å². The number of rotatable bonds is 3. The number of hydrazine groups is 1. The van der Waals surface area contributed by atoms with E-state index in [0.717, 1.165) is 23.1 Å². The number of nitrogens with zero attached hydrogens (tertiary/aromatic N) is 2. The van der Waals surface area contributed by atoms with Gasteiger partial charge in [-0.1, -0.05) is 26.0 Å². The van der Waals surface area contributed by atoms with E-state index in [9.17, 15) is 0 Å². The van der Waals surface area contributed by atoms with Gasteiger partial charge in [0.05, 0.1) is 5.52 Å².